The van der Waals surface area contributed by atoms with Crippen LogP contribution in [0.4, 0.5) is 0 Å². The molecule has 0 aromatic rings. The second-order valence-electron chi connectivity index (χ2n) is 2.39. The molecule has 3 nitrogen and oxygen atoms in total. The van der Waals surface area contributed by atoms with Gasteiger partial charge in [0.2, 0.25) is 0 Å². The van der Waals surface area contributed by atoms with Gasteiger partial charge in [-0.15, -0.1) is 0 Å². The van der Waals surface area contributed by atoms with Crippen LogP contribution in [-0.2, 0) is 4.74 Å². The largest absolute Gasteiger partial charge is 0.394 e. The van der Waals surface area contributed by atoms with Crippen molar-refractivity contribution in [3.8, 4) is 6.07 Å². The van der Waals surface area contributed by atoms with Crippen LogP contribution < -0.4 is 0 Å². The maximum atomic E-state index is 8.47. The van der Waals surface area contributed by atoms with Gasteiger partial charge < -0.3 is 9.84 Å². The maximum Gasteiger partial charge on any atom is 0.146 e. The molecule has 3 heteroatoms. The van der Waals surface area contributed by atoms with Gasteiger partial charge in [-0.05, 0) is 5.92 Å². The summed E-state index contributed by atoms with van der Waals surface area (Å²) in [6.45, 7) is 4.04. The van der Waals surface area contributed by atoms with E-state index in [2.05, 4.69) is 0 Å². The molecule has 58 valence electrons. The standard InChI is InChI=1S/C7H13NO2/c1-6(2)7(5-8)10-4-3-9/h6-7,9H,3-4H2,1-2H3/t7-/m0/s1. The SMILES string of the molecule is CC(C)[C@H](C#N)OCCO. The molecule has 0 aromatic heterocycles. The third kappa shape index (κ3) is 3.44. The molecule has 0 unspecified atom stereocenters. The van der Waals surface area contributed by atoms with Crippen LogP contribution in [0.25, 0.3) is 0 Å². The third-order valence-electron chi connectivity index (χ3n) is 1.12. The molecule has 0 aliphatic carbocycles. The summed E-state index contributed by atoms with van der Waals surface area (Å²) in [6, 6.07) is 2.00. The third-order valence-corrected chi connectivity index (χ3v) is 1.12. The second kappa shape index (κ2) is 5.21. The molecule has 0 saturated heterocycles. The second-order valence-corrected chi connectivity index (χ2v) is 2.39. The summed E-state index contributed by atoms with van der Waals surface area (Å²) >= 11 is 0. The quantitative estimate of drug-likeness (QED) is 0.625. The fraction of sp³-hybridized carbons (Fsp3) is 0.857. The highest BCUT2D eigenvalue weighted by Gasteiger charge is 2.10. The average Bonchev–Trinajstić information content (AvgIpc) is 1.89. The molecule has 0 aliphatic rings. The number of aliphatic hydroxyl groups excluding tert-OH is 1. The highest BCUT2D eigenvalue weighted by molar-refractivity contribution is 4.86. The first-order valence-corrected chi connectivity index (χ1v) is 3.34. The predicted molar refractivity (Wildman–Crippen MR) is 37.3 cm³/mol. The van der Waals surface area contributed by atoms with Gasteiger partial charge in [0.05, 0.1) is 19.3 Å². The van der Waals surface area contributed by atoms with Gasteiger partial charge in [-0.25, -0.2) is 0 Å². The van der Waals surface area contributed by atoms with Crippen molar-refractivity contribution in [1.82, 2.24) is 0 Å². The number of ether oxygens (including phenoxy) is 1. The zero-order valence-corrected chi connectivity index (χ0v) is 6.37. The van der Waals surface area contributed by atoms with Crippen LogP contribution in [0.5, 0.6) is 0 Å². The molecule has 10 heavy (non-hydrogen) atoms. The normalized spacial score (nSPS) is 13.1. The summed E-state index contributed by atoms with van der Waals surface area (Å²) in [6.07, 6.45) is -0.382. The predicted octanol–water partition coefficient (Wildman–Crippen LogP) is 0.543. The van der Waals surface area contributed by atoms with Gasteiger partial charge in [0.1, 0.15) is 6.10 Å². The van der Waals surface area contributed by atoms with Crippen molar-refractivity contribution < 1.29 is 9.84 Å². The molecule has 0 amide bonds. The summed E-state index contributed by atoms with van der Waals surface area (Å²) in [5.74, 6) is 0.191. The number of aliphatic hydroxyl groups is 1. The van der Waals surface area contributed by atoms with Crippen molar-refractivity contribution >= 4 is 0 Å². The van der Waals surface area contributed by atoms with Crippen molar-refractivity contribution in [2.24, 2.45) is 5.92 Å². The van der Waals surface area contributed by atoms with Crippen molar-refractivity contribution in [2.45, 2.75) is 20.0 Å². The minimum Gasteiger partial charge on any atom is -0.394 e. The van der Waals surface area contributed by atoms with Crippen molar-refractivity contribution in [3.05, 3.63) is 0 Å². The molecule has 0 rings (SSSR count). The lowest BCUT2D eigenvalue weighted by molar-refractivity contribution is 0.0353. The van der Waals surface area contributed by atoms with Crippen LogP contribution >= 0.6 is 0 Å². The summed E-state index contributed by atoms with van der Waals surface area (Å²) < 4.78 is 4.99. The van der Waals surface area contributed by atoms with Gasteiger partial charge in [-0.1, -0.05) is 13.8 Å². The maximum absolute atomic E-state index is 8.47. The van der Waals surface area contributed by atoms with E-state index in [1.54, 1.807) is 0 Å². The molecule has 0 fully saturated rings. The lowest BCUT2D eigenvalue weighted by Crippen LogP contribution is -2.19. The lowest BCUT2D eigenvalue weighted by Gasteiger charge is -2.12. The Labute approximate surface area is 61.2 Å². The van der Waals surface area contributed by atoms with E-state index in [4.69, 9.17) is 15.1 Å². The van der Waals surface area contributed by atoms with E-state index in [-0.39, 0.29) is 25.2 Å². The molecule has 0 bridgehead atoms. The molecule has 0 spiro atoms. The van der Waals surface area contributed by atoms with Crippen LogP contribution in [0.3, 0.4) is 0 Å². The highest BCUT2D eigenvalue weighted by atomic mass is 16.5. The Hall–Kier alpha value is -0.590. The fourth-order valence-corrected chi connectivity index (χ4v) is 0.558. The van der Waals surface area contributed by atoms with Crippen molar-refractivity contribution in [2.75, 3.05) is 13.2 Å². The topological polar surface area (TPSA) is 53.2 Å². The zero-order chi connectivity index (χ0) is 7.98. The molecule has 0 heterocycles. The molecule has 0 radical (unpaired) electrons. The summed E-state index contributed by atoms with van der Waals surface area (Å²) in [4.78, 5) is 0. The molecule has 0 saturated carbocycles. The monoisotopic (exact) mass is 143 g/mol. The first-order valence-electron chi connectivity index (χ1n) is 3.34. The minimum absolute atomic E-state index is 0.0229. The molecule has 1 N–H and O–H groups in total. The summed E-state index contributed by atoms with van der Waals surface area (Å²) in [5, 5.41) is 16.8. The summed E-state index contributed by atoms with van der Waals surface area (Å²) in [7, 11) is 0. The van der Waals surface area contributed by atoms with Crippen LogP contribution in [0.2, 0.25) is 0 Å². The molecule has 0 aromatic carbocycles. The van der Waals surface area contributed by atoms with E-state index in [0.717, 1.165) is 0 Å². The van der Waals surface area contributed by atoms with Crippen LogP contribution in [0.15, 0.2) is 0 Å². The smallest absolute Gasteiger partial charge is 0.146 e. The van der Waals surface area contributed by atoms with E-state index in [1.807, 2.05) is 19.9 Å². The molecular weight excluding hydrogens is 130 g/mol. The van der Waals surface area contributed by atoms with E-state index < -0.39 is 0 Å². The Morgan fingerprint density at radius 2 is 2.20 bits per heavy atom. The lowest BCUT2D eigenvalue weighted by atomic mass is 10.1. The number of rotatable bonds is 4. The zero-order valence-electron chi connectivity index (χ0n) is 6.37. The van der Waals surface area contributed by atoms with Gasteiger partial charge in [0.15, 0.2) is 0 Å². The van der Waals surface area contributed by atoms with Crippen molar-refractivity contribution in [1.29, 1.82) is 5.26 Å². The van der Waals surface area contributed by atoms with Gasteiger partial charge in [0.25, 0.3) is 0 Å². The van der Waals surface area contributed by atoms with E-state index in [1.165, 1.54) is 0 Å². The Bertz CT molecular complexity index is 117. The number of nitriles is 1. The Kier molecular flexibility index (Phi) is 4.91. The minimum atomic E-state index is -0.382. The number of hydrogen-bond acceptors (Lipinski definition) is 3. The Morgan fingerprint density at radius 1 is 1.60 bits per heavy atom. The van der Waals surface area contributed by atoms with E-state index >= 15 is 0 Å². The van der Waals surface area contributed by atoms with Gasteiger partial charge in [-0.3, -0.25) is 0 Å². The Balaban J connectivity index is 3.53. The summed E-state index contributed by atoms with van der Waals surface area (Å²) in [5.41, 5.74) is 0. The first kappa shape index (κ1) is 9.41. The number of nitrogens with zero attached hydrogens (tertiary/aromatic N) is 1. The van der Waals surface area contributed by atoms with Gasteiger partial charge in [0, 0.05) is 0 Å². The van der Waals surface area contributed by atoms with Crippen LogP contribution in [-0.4, -0.2) is 24.4 Å². The Morgan fingerprint density at radius 3 is 2.50 bits per heavy atom. The van der Waals surface area contributed by atoms with Crippen molar-refractivity contribution in [3.63, 3.8) is 0 Å². The van der Waals surface area contributed by atoms with Gasteiger partial charge >= 0.3 is 0 Å². The highest BCUT2D eigenvalue weighted by Crippen LogP contribution is 2.03. The fourth-order valence-electron chi connectivity index (χ4n) is 0.558. The van der Waals surface area contributed by atoms with Crippen LogP contribution in [0, 0.1) is 17.2 Å². The first-order chi connectivity index (χ1) is 4.72. The number of hydrogen-bond donors (Lipinski definition) is 1. The van der Waals surface area contributed by atoms with E-state index in [9.17, 15) is 0 Å². The van der Waals surface area contributed by atoms with Gasteiger partial charge in [-0.2, -0.15) is 5.26 Å². The molecule has 0 aliphatic heterocycles. The van der Waals surface area contributed by atoms with Crippen LogP contribution in [0.1, 0.15) is 13.8 Å². The average molecular weight is 143 g/mol. The van der Waals surface area contributed by atoms with E-state index in [0.29, 0.717) is 0 Å². The molecular formula is C7H13NO2. The molecule has 1 atom stereocenters.